The molecule has 0 amide bonds. The van der Waals surface area contributed by atoms with Gasteiger partial charge < -0.3 is 37.3 Å². The predicted octanol–water partition coefficient (Wildman–Crippen LogP) is 0.0480. The van der Waals surface area contributed by atoms with E-state index in [9.17, 15) is 5.11 Å². The number of quaternary nitrogens is 1. The Morgan fingerprint density at radius 1 is 0.692 bits per heavy atom. The summed E-state index contributed by atoms with van der Waals surface area (Å²) in [6.07, 6.45) is 13.5. The van der Waals surface area contributed by atoms with Crippen molar-refractivity contribution >= 4 is 0 Å². The van der Waals surface area contributed by atoms with Crippen molar-refractivity contribution in [2.75, 3.05) is 33.9 Å². The van der Waals surface area contributed by atoms with Gasteiger partial charge in [0.05, 0.1) is 33.9 Å². The van der Waals surface area contributed by atoms with Gasteiger partial charge in [0.1, 0.15) is 6.10 Å². The van der Waals surface area contributed by atoms with E-state index in [2.05, 4.69) is 27.9 Å². The molecule has 0 aliphatic rings. The third kappa shape index (κ3) is 20.4. The van der Waals surface area contributed by atoms with Crippen molar-refractivity contribution in [1.82, 2.24) is 0 Å². The van der Waals surface area contributed by atoms with Gasteiger partial charge in [-0.25, -0.2) is 0 Å². The van der Waals surface area contributed by atoms with Crippen molar-refractivity contribution in [3.63, 3.8) is 0 Å². The second-order valence-electron chi connectivity index (χ2n) is 7.59. The molecule has 5 nitrogen and oxygen atoms in total. The van der Waals surface area contributed by atoms with E-state index < -0.39 is 6.10 Å². The average molecular weight is 400 g/mol. The van der Waals surface area contributed by atoms with Gasteiger partial charge in [0, 0.05) is 6.42 Å². The summed E-state index contributed by atoms with van der Waals surface area (Å²) in [6.45, 7) is 4.71. The van der Waals surface area contributed by atoms with E-state index in [0.717, 1.165) is 17.4 Å². The van der Waals surface area contributed by atoms with E-state index in [1.54, 1.807) is 0 Å². The molecular weight excluding hydrogens is 354 g/mol. The number of rotatable bonds is 15. The molecule has 0 aliphatic heterocycles. The molecule has 0 heterocycles. The molecule has 0 aliphatic carbocycles. The van der Waals surface area contributed by atoms with Gasteiger partial charge in [0.15, 0.2) is 6.23 Å². The first-order chi connectivity index (χ1) is 11.9. The Hall–Kier alpha value is 0.0900. The maximum Gasteiger partial charge on any atom is 0.189 e. The molecule has 6 heteroatoms. The minimum Gasteiger partial charge on any atom is -1.00 e. The van der Waals surface area contributed by atoms with E-state index in [4.69, 9.17) is 15.3 Å². The van der Waals surface area contributed by atoms with Crippen molar-refractivity contribution in [1.29, 1.82) is 0 Å². The third-order valence-corrected chi connectivity index (χ3v) is 4.68. The maximum absolute atomic E-state index is 9.90. The number of halogens is 1. The molecule has 0 spiro atoms. The third-order valence-electron chi connectivity index (χ3n) is 4.68. The number of aliphatic hydroxyl groups excluding tert-OH is 4. The normalized spacial score (nSPS) is 12.3. The fraction of sp³-hybridized carbons (Fsp3) is 1.00. The van der Waals surface area contributed by atoms with E-state index in [1.165, 1.54) is 64.2 Å². The lowest BCUT2D eigenvalue weighted by Gasteiger charge is -2.34. The van der Waals surface area contributed by atoms with Crippen molar-refractivity contribution in [3.05, 3.63) is 0 Å². The summed E-state index contributed by atoms with van der Waals surface area (Å²) in [4.78, 5) is 0. The molecular formula is C20H46ClNO4. The molecule has 0 saturated carbocycles. The van der Waals surface area contributed by atoms with Gasteiger partial charge in [-0.3, -0.25) is 0 Å². The Kier molecular flexibility index (Phi) is 25.3. The largest absolute Gasteiger partial charge is 1.00 e. The fourth-order valence-corrected chi connectivity index (χ4v) is 2.71. The molecule has 0 aromatic rings. The number of hydrogen-bond donors (Lipinski definition) is 4. The Morgan fingerprint density at radius 3 is 1.38 bits per heavy atom. The molecule has 0 radical (unpaired) electrons. The van der Waals surface area contributed by atoms with Crippen LogP contribution in [-0.4, -0.2) is 71.1 Å². The monoisotopic (exact) mass is 399 g/mol. The quantitative estimate of drug-likeness (QED) is 0.178. The van der Waals surface area contributed by atoms with E-state index >= 15 is 0 Å². The van der Waals surface area contributed by atoms with Crippen molar-refractivity contribution in [3.8, 4) is 0 Å². The summed E-state index contributed by atoms with van der Waals surface area (Å²) in [6, 6.07) is 0. The van der Waals surface area contributed by atoms with Crippen LogP contribution in [-0.2, 0) is 0 Å². The lowest BCUT2D eigenvalue weighted by Crippen LogP contribution is -3.00. The second-order valence-corrected chi connectivity index (χ2v) is 7.59. The lowest BCUT2D eigenvalue weighted by molar-refractivity contribution is -0.937. The minimum atomic E-state index is -0.954. The van der Waals surface area contributed by atoms with Gasteiger partial charge in [0.2, 0.25) is 0 Å². The van der Waals surface area contributed by atoms with Crippen LogP contribution in [0.5, 0.6) is 0 Å². The molecule has 0 saturated heterocycles. The number of hydrogen-bond acceptors (Lipinski definition) is 4. The summed E-state index contributed by atoms with van der Waals surface area (Å²) >= 11 is 0. The zero-order chi connectivity index (χ0) is 19.6. The summed E-state index contributed by atoms with van der Waals surface area (Å²) in [5.74, 6) is 0. The van der Waals surface area contributed by atoms with Crippen LogP contribution in [0.4, 0.5) is 0 Å². The summed E-state index contributed by atoms with van der Waals surface area (Å²) in [7, 11) is 4.28. The molecule has 0 aromatic carbocycles. The zero-order valence-electron chi connectivity index (χ0n) is 17.7. The molecule has 0 rings (SSSR count). The van der Waals surface area contributed by atoms with E-state index in [1.807, 2.05) is 0 Å². The first kappa shape index (κ1) is 30.8. The van der Waals surface area contributed by atoms with Crippen LogP contribution in [0, 0.1) is 0 Å². The Balaban J connectivity index is -0.000000649. The van der Waals surface area contributed by atoms with Gasteiger partial charge in [-0.15, -0.1) is 0 Å². The summed E-state index contributed by atoms with van der Waals surface area (Å²) < 4.78 is 0.757. The van der Waals surface area contributed by atoms with Gasteiger partial charge in [0.25, 0.3) is 0 Å². The highest BCUT2D eigenvalue weighted by Gasteiger charge is 2.23. The highest BCUT2D eigenvalue weighted by Crippen LogP contribution is 2.13. The first-order valence-electron chi connectivity index (χ1n) is 10.3. The first-order valence-corrected chi connectivity index (χ1v) is 10.3. The van der Waals surface area contributed by atoms with Gasteiger partial charge in [-0.05, 0) is 12.8 Å². The van der Waals surface area contributed by atoms with Crippen LogP contribution in [0.3, 0.4) is 0 Å². The summed E-state index contributed by atoms with van der Waals surface area (Å²) in [5.41, 5.74) is 0. The molecule has 1 unspecified atom stereocenters. The molecule has 0 bridgehead atoms. The number of aliphatic hydroxyl groups is 4. The minimum absolute atomic E-state index is 0. The molecule has 1 atom stereocenters. The van der Waals surface area contributed by atoms with Gasteiger partial charge in [-0.2, -0.15) is 0 Å². The van der Waals surface area contributed by atoms with Gasteiger partial charge in [-0.1, -0.05) is 65.2 Å². The predicted molar refractivity (Wildman–Crippen MR) is 105 cm³/mol. The molecule has 0 fully saturated rings. The van der Waals surface area contributed by atoms with Crippen molar-refractivity contribution in [2.24, 2.45) is 0 Å². The zero-order valence-corrected chi connectivity index (χ0v) is 18.4. The highest BCUT2D eigenvalue weighted by atomic mass is 35.5. The Morgan fingerprint density at radius 2 is 1.08 bits per heavy atom. The summed E-state index contributed by atoms with van der Waals surface area (Å²) in [5, 5.41) is 33.9. The number of unbranched alkanes of at least 4 members (excludes halogenated alkanes) is 9. The smallest absolute Gasteiger partial charge is 0.189 e. The standard InChI is InChI=1S/C17H38NO.C3H8O3.ClH/c1-5-7-8-9-10-11-12-13-14-15-16-18(3,4)17(19)6-2;4-1-3(6)2-5;/h17,19H,5-16H2,1-4H3;3-6H,1-2H2;1H/q+1;;/p-1. The SMILES string of the molecule is CCCCCCCCCCCC[N+](C)(C)C(O)CC.OCC(O)CO.[Cl-]. The lowest BCUT2D eigenvalue weighted by atomic mass is 10.1. The highest BCUT2D eigenvalue weighted by molar-refractivity contribution is 4.48. The Labute approximate surface area is 168 Å². The number of nitrogens with zero attached hydrogens (tertiary/aromatic N) is 1. The fourth-order valence-electron chi connectivity index (χ4n) is 2.71. The molecule has 26 heavy (non-hydrogen) atoms. The topological polar surface area (TPSA) is 80.9 Å². The van der Waals surface area contributed by atoms with Crippen LogP contribution in [0.2, 0.25) is 0 Å². The van der Waals surface area contributed by atoms with Crippen molar-refractivity contribution < 1.29 is 37.3 Å². The molecule has 162 valence electrons. The van der Waals surface area contributed by atoms with Crippen LogP contribution in [0.15, 0.2) is 0 Å². The van der Waals surface area contributed by atoms with Crippen LogP contribution in [0.25, 0.3) is 0 Å². The van der Waals surface area contributed by atoms with E-state index in [0.29, 0.717) is 0 Å². The molecule has 4 N–H and O–H groups in total. The van der Waals surface area contributed by atoms with Crippen molar-refractivity contribution in [2.45, 2.75) is 96.8 Å². The van der Waals surface area contributed by atoms with Gasteiger partial charge >= 0.3 is 0 Å². The second kappa shape index (κ2) is 21.4. The van der Waals surface area contributed by atoms with Crippen LogP contribution < -0.4 is 12.4 Å². The maximum atomic E-state index is 9.90. The molecule has 0 aromatic heterocycles. The van der Waals surface area contributed by atoms with Crippen LogP contribution in [0.1, 0.15) is 84.5 Å². The Bertz CT molecular complexity index is 264. The van der Waals surface area contributed by atoms with E-state index in [-0.39, 0.29) is 31.8 Å². The average Bonchev–Trinajstić information content (AvgIpc) is 2.62. The van der Waals surface area contributed by atoms with Crippen LogP contribution >= 0.6 is 0 Å².